The molecule has 1 fully saturated rings. The van der Waals surface area contributed by atoms with E-state index in [0.717, 1.165) is 18.7 Å². The topological polar surface area (TPSA) is 38.5 Å². The van der Waals surface area contributed by atoms with Crippen molar-refractivity contribution >= 4 is 0 Å². The summed E-state index contributed by atoms with van der Waals surface area (Å²) in [6.45, 7) is 3.13. The third kappa shape index (κ3) is 3.98. The van der Waals surface area contributed by atoms with Gasteiger partial charge in [0.05, 0.1) is 7.11 Å². The van der Waals surface area contributed by atoms with E-state index in [4.69, 9.17) is 10.5 Å². The van der Waals surface area contributed by atoms with Crippen LogP contribution in [0.4, 0.5) is 0 Å². The Morgan fingerprint density at radius 1 is 1.29 bits per heavy atom. The van der Waals surface area contributed by atoms with Gasteiger partial charge >= 0.3 is 0 Å². The van der Waals surface area contributed by atoms with Crippen LogP contribution < -0.4 is 10.5 Å². The molecule has 3 heteroatoms. The average molecular weight is 290 g/mol. The second-order valence-corrected chi connectivity index (χ2v) is 6.38. The van der Waals surface area contributed by atoms with Crippen LogP contribution >= 0.6 is 0 Å². The molecular weight excluding hydrogens is 260 g/mol. The molecule has 2 rings (SSSR count). The second kappa shape index (κ2) is 7.81. The lowest BCUT2D eigenvalue weighted by atomic mass is 9.83. The van der Waals surface area contributed by atoms with Gasteiger partial charge < -0.3 is 15.4 Å². The van der Waals surface area contributed by atoms with E-state index < -0.39 is 0 Å². The summed E-state index contributed by atoms with van der Waals surface area (Å²) in [4.78, 5) is 2.54. The molecule has 3 atom stereocenters. The Morgan fingerprint density at radius 2 is 2.00 bits per heavy atom. The number of hydrogen-bond donors (Lipinski definition) is 1. The summed E-state index contributed by atoms with van der Waals surface area (Å²) in [5.74, 6) is 1.65. The fraction of sp³-hybridized carbons (Fsp3) is 0.667. The minimum atomic E-state index is 0.499. The first-order valence-electron chi connectivity index (χ1n) is 8.21. The van der Waals surface area contributed by atoms with E-state index in [-0.39, 0.29) is 0 Å². The molecule has 1 aromatic carbocycles. The standard InChI is InChI=1S/C18H30N2O/c1-14(12-15-8-5-7-11-18(15)21-3)20(2)17-10-6-4-9-16(17)13-19/h5,7-8,11,14,16-17H,4,6,9-10,12-13,19H2,1-3H3. The zero-order valence-electron chi connectivity index (χ0n) is 13.7. The molecule has 0 spiro atoms. The van der Waals surface area contributed by atoms with Crippen molar-refractivity contribution < 1.29 is 4.74 Å². The van der Waals surface area contributed by atoms with Crippen LogP contribution in [0.3, 0.4) is 0 Å². The number of nitrogens with zero attached hydrogens (tertiary/aromatic N) is 1. The summed E-state index contributed by atoms with van der Waals surface area (Å²) in [6, 6.07) is 9.47. The van der Waals surface area contributed by atoms with Crippen LogP contribution in [0, 0.1) is 5.92 Å². The van der Waals surface area contributed by atoms with Crippen LogP contribution in [0.2, 0.25) is 0 Å². The van der Waals surface area contributed by atoms with Crippen LogP contribution in [-0.2, 0) is 6.42 Å². The third-order valence-corrected chi connectivity index (χ3v) is 5.10. The maximum atomic E-state index is 5.98. The smallest absolute Gasteiger partial charge is 0.122 e. The summed E-state index contributed by atoms with van der Waals surface area (Å²) in [5.41, 5.74) is 7.27. The highest BCUT2D eigenvalue weighted by Crippen LogP contribution is 2.29. The molecule has 1 aliphatic rings. The zero-order valence-corrected chi connectivity index (χ0v) is 13.7. The molecule has 1 aliphatic carbocycles. The van der Waals surface area contributed by atoms with Crippen molar-refractivity contribution in [3.8, 4) is 5.75 Å². The van der Waals surface area contributed by atoms with Crippen LogP contribution in [0.15, 0.2) is 24.3 Å². The maximum Gasteiger partial charge on any atom is 0.122 e. The average Bonchev–Trinajstić information content (AvgIpc) is 2.54. The minimum Gasteiger partial charge on any atom is -0.496 e. The van der Waals surface area contributed by atoms with Gasteiger partial charge in [-0.3, -0.25) is 0 Å². The molecule has 3 nitrogen and oxygen atoms in total. The first-order chi connectivity index (χ1) is 10.2. The highest BCUT2D eigenvalue weighted by Gasteiger charge is 2.29. The molecule has 1 aromatic rings. The first-order valence-corrected chi connectivity index (χ1v) is 8.21. The Labute approximate surface area is 129 Å². The lowest BCUT2D eigenvalue weighted by Gasteiger charge is -2.40. The fourth-order valence-electron chi connectivity index (χ4n) is 3.66. The van der Waals surface area contributed by atoms with E-state index in [0.29, 0.717) is 18.0 Å². The molecule has 1 saturated carbocycles. The van der Waals surface area contributed by atoms with Gasteiger partial charge in [0.15, 0.2) is 0 Å². The van der Waals surface area contributed by atoms with E-state index in [2.05, 4.69) is 31.0 Å². The predicted octanol–water partition coefficient (Wildman–Crippen LogP) is 3.08. The third-order valence-electron chi connectivity index (χ3n) is 5.10. The Balaban J connectivity index is 2.03. The Morgan fingerprint density at radius 3 is 2.71 bits per heavy atom. The van der Waals surface area contributed by atoms with Crippen LogP contribution in [-0.4, -0.2) is 37.7 Å². The number of likely N-dealkylation sites (N-methyl/N-ethyl adjacent to an activating group) is 1. The number of nitrogens with two attached hydrogens (primary N) is 1. The lowest BCUT2D eigenvalue weighted by Crippen LogP contribution is -2.47. The van der Waals surface area contributed by atoms with Gasteiger partial charge in [0.25, 0.3) is 0 Å². The van der Waals surface area contributed by atoms with E-state index in [9.17, 15) is 0 Å². The Bertz CT molecular complexity index is 435. The molecule has 0 saturated heterocycles. The maximum absolute atomic E-state index is 5.98. The number of ether oxygens (including phenoxy) is 1. The van der Waals surface area contributed by atoms with Gasteiger partial charge in [0.2, 0.25) is 0 Å². The number of methoxy groups -OCH3 is 1. The molecular formula is C18H30N2O. The summed E-state index contributed by atoms with van der Waals surface area (Å²) in [5, 5.41) is 0. The van der Waals surface area contributed by atoms with Crippen molar-refractivity contribution in [2.24, 2.45) is 11.7 Å². The SMILES string of the molecule is COc1ccccc1CC(C)N(C)C1CCCCC1CN. The van der Waals surface area contributed by atoms with Crippen molar-refractivity contribution in [2.75, 3.05) is 20.7 Å². The number of para-hydroxylation sites is 1. The summed E-state index contributed by atoms with van der Waals surface area (Å²) in [6.07, 6.45) is 6.27. The van der Waals surface area contributed by atoms with Crippen LogP contribution in [0.1, 0.15) is 38.2 Å². The van der Waals surface area contributed by atoms with E-state index >= 15 is 0 Å². The van der Waals surface area contributed by atoms with E-state index in [1.165, 1.54) is 31.2 Å². The summed E-state index contributed by atoms with van der Waals surface area (Å²) in [7, 11) is 4.01. The molecule has 21 heavy (non-hydrogen) atoms. The largest absolute Gasteiger partial charge is 0.496 e. The first kappa shape index (κ1) is 16.3. The molecule has 0 bridgehead atoms. The van der Waals surface area contributed by atoms with Gasteiger partial charge in [-0.15, -0.1) is 0 Å². The fourth-order valence-corrected chi connectivity index (χ4v) is 3.66. The predicted molar refractivity (Wildman–Crippen MR) is 88.7 cm³/mol. The Kier molecular flexibility index (Phi) is 6.07. The van der Waals surface area contributed by atoms with Gasteiger partial charge in [0.1, 0.15) is 5.75 Å². The molecule has 3 unspecified atom stereocenters. The highest BCUT2D eigenvalue weighted by molar-refractivity contribution is 5.33. The molecule has 0 aromatic heterocycles. The second-order valence-electron chi connectivity index (χ2n) is 6.38. The van der Waals surface area contributed by atoms with Crippen molar-refractivity contribution in [1.29, 1.82) is 0 Å². The van der Waals surface area contributed by atoms with Gasteiger partial charge in [-0.1, -0.05) is 31.0 Å². The van der Waals surface area contributed by atoms with E-state index in [1.807, 2.05) is 12.1 Å². The summed E-state index contributed by atoms with van der Waals surface area (Å²) >= 11 is 0. The number of benzene rings is 1. The van der Waals surface area contributed by atoms with Crippen molar-refractivity contribution in [3.05, 3.63) is 29.8 Å². The lowest BCUT2D eigenvalue weighted by molar-refractivity contribution is 0.0985. The minimum absolute atomic E-state index is 0.499. The van der Waals surface area contributed by atoms with Crippen molar-refractivity contribution in [3.63, 3.8) is 0 Å². The normalized spacial score (nSPS) is 24.0. The Hall–Kier alpha value is -1.06. The monoisotopic (exact) mass is 290 g/mol. The highest BCUT2D eigenvalue weighted by atomic mass is 16.5. The quantitative estimate of drug-likeness (QED) is 0.875. The molecule has 0 radical (unpaired) electrons. The number of rotatable bonds is 6. The van der Waals surface area contributed by atoms with E-state index in [1.54, 1.807) is 7.11 Å². The molecule has 2 N–H and O–H groups in total. The summed E-state index contributed by atoms with van der Waals surface area (Å²) < 4.78 is 5.48. The van der Waals surface area contributed by atoms with Crippen molar-refractivity contribution in [2.45, 2.75) is 51.1 Å². The zero-order chi connectivity index (χ0) is 15.2. The van der Waals surface area contributed by atoms with Gasteiger partial charge in [-0.25, -0.2) is 0 Å². The van der Waals surface area contributed by atoms with Crippen LogP contribution in [0.25, 0.3) is 0 Å². The molecule has 0 heterocycles. The van der Waals surface area contributed by atoms with Gasteiger partial charge in [-0.2, -0.15) is 0 Å². The van der Waals surface area contributed by atoms with Crippen molar-refractivity contribution in [1.82, 2.24) is 4.90 Å². The van der Waals surface area contributed by atoms with Crippen LogP contribution in [0.5, 0.6) is 5.75 Å². The molecule has 0 amide bonds. The van der Waals surface area contributed by atoms with Gasteiger partial charge in [0, 0.05) is 12.1 Å². The van der Waals surface area contributed by atoms with Gasteiger partial charge in [-0.05, 0) is 57.3 Å². The number of hydrogen-bond acceptors (Lipinski definition) is 3. The molecule has 0 aliphatic heterocycles. The molecule has 118 valence electrons.